The Kier molecular flexibility index (Phi) is 5.99. The van der Waals surface area contributed by atoms with Crippen LogP contribution >= 0.6 is 0 Å². The molecule has 0 unspecified atom stereocenters. The van der Waals surface area contributed by atoms with Crippen LogP contribution in [0.15, 0.2) is 0 Å². The molecule has 0 atom stereocenters. The van der Waals surface area contributed by atoms with Crippen LogP contribution in [-0.2, 0) is 9.59 Å². The minimum Gasteiger partial charge on any atom is -0.395 e. The highest BCUT2D eigenvalue weighted by Gasteiger charge is 2.27. The van der Waals surface area contributed by atoms with Gasteiger partial charge in [0.05, 0.1) is 19.7 Å². The van der Waals surface area contributed by atoms with E-state index in [1.165, 1.54) is 17.7 Å². The quantitative estimate of drug-likeness (QED) is 0.659. The van der Waals surface area contributed by atoms with E-state index < -0.39 is 0 Å². The first-order chi connectivity index (χ1) is 10.1. The van der Waals surface area contributed by atoms with Gasteiger partial charge in [0.2, 0.25) is 11.8 Å². The number of aliphatic hydroxyl groups is 1. The molecule has 6 nitrogen and oxygen atoms in total. The number of likely N-dealkylation sites (N-methyl/N-ethyl adjacent to an activating group) is 1. The Morgan fingerprint density at radius 1 is 1.14 bits per heavy atom. The van der Waals surface area contributed by atoms with Crippen molar-refractivity contribution in [2.75, 3.05) is 33.3 Å². The average Bonchev–Trinajstić information content (AvgIpc) is 3.07. The first-order valence-corrected chi connectivity index (χ1v) is 7.98. The fourth-order valence-corrected chi connectivity index (χ4v) is 2.89. The molecule has 21 heavy (non-hydrogen) atoms. The molecule has 2 rings (SSSR count). The molecule has 2 amide bonds. The highest BCUT2D eigenvalue weighted by molar-refractivity contribution is 5.85. The van der Waals surface area contributed by atoms with Crippen molar-refractivity contribution in [2.45, 2.75) is 50.6 Å². The van der Waals surface area contributed by atoms with Crippen LogP contribution in [0.4, 0.5) is 0 Å². The molecule has 6 heteroatoms. The summed E-state index contributed by atoms with van der Waals surface area (Å²) < 4.78 is 0. The van der Waals surface area contributed by atoms with Crippen molar-refractivity contribution in [1.29, 1.82) is 0 Å². The number of carbonyl (C=O) groups excluding carboxylic acids is 2. The second kappa shape index (κ2) is 7.75. The van der Waals surface area contributed by atoms with Crippen molar-refractivity contribution < 1.29 is 14.7 Å². The lowest BCUT2D eigenvalue weighted by molar-refractivity contribution is -0.136. The van der Waals surface area contributed by atoms with E-state index in [1.807, 2.05) is 0 Å². The van der Waals surface area contributed by atoms with Gasteiger partial charge in [0.15, 0.2) is 0 Å². The minimum absolute atomic E-state index is 0.0544. The van der Waals surface area contributed by atoms with Crippen molar-refractivity contribution in [3.05, 3.63) is 0 Å². The van der Waals surface area contributed by atoms with E-state index >= 15 is 0 Å². The molecule has 0 aromatic carbocycles. The van der Waals surface area contributed by atoms with E-state index in [0.29, 0.717) is 25.2 Å². The number of nitrogens with one attached hydrogen (secondary N) is 1. The predicted octanol–water partition coefficient (Wildman–Crippen LogP) is -0.0397. The molecule has 0 heterocycles. The molecule has 2 saturated carbocycles. The summed E-state index contributed by atoms with van der Waals surface area (Å²) in [5.74, 6) is -0.135. The van der Waals surface area contributed by atoms with Gasteiger partial charge >= 0.3 is 0 Å². The molecule has 0 aromatic rings. The third-order valence-electron chi connectivity index (χ3n) is 4.32. The number of hydrogen-bond donors (Lipinski definition) is 2. The number of aliphatic hydroxyl groups excluding tert-OH is 1. The lowest BCUT2D eigenvalue weighted by Gasteiger charge is -2.29. The fraction of sp³-hybridized carbons (Fsp3) is 0.867. The van der Waals surface area contributed by atoms with Crippen LogP contribution in [0.25, 0.3) is 0 Å². The zero-order chi connectivity index (χ0) is 15.2. The van der Waals surface area contributed by atoms with E-state index in [1.54, 1.807) is 7.05 Å². The number of rotatable bonds is 8. The molecule has 0 radical (unpaired) electrons. The van der Waals surface area contributed by atoms with E-state index in [4.69, 9.17) is 5.11 Å². The zero-order valence-corrected chi connectivity index (χ0v) is 12.9. The summed E-state index contributed by atoms with van der Waals surface area (Å²) >= 11 is 0. The van der Waals surface area contributed by atoms with Gasteiger partial charge in [-0.15, -0.1) is 0 Å². The smallest absolute Gasteiger partial charge is 0.239 e. The van der Waals surface area contributed by atoms with Crippen LogP contribution in [0, 0.1) is 0 Å². The van der Waals surface area contributed by atoms with E-state index in [9.17, 15) is 9.59 Å². The Balaban J connectivity index is 1.77. The molecule has 0 aromatic heterocycles. The first kappa shape index (κ1) is 16.2. The Morgan fingerprint density at radius 2 is 1.81 bits per heavy atom. The topological polar surface area (TPSA) is 72.9 Å². The number of nitrogens with zero attached hydrogens (tertiary/aromatic N) is 2. The zero-order valence-electron chi connectivity index (χ0n) is 12.9. The van der Waals surface area contributed by atoms with Crippen molar-refractivity contribution in [3.8, 4) is 0 Å². The van der Waals surface area contributed by atoms with Gasteiger partial charge in [-0.05, 0) is 25.7 Å². The SMILES string of the molecule is CN(CC(=O)NC1CC1)C(=O)CN(CCO)C1CCCC1. The molecule has 0 aliphatic heterocycles. The van der Waals surface area contributed by atoms with Crippen LogP contribution in [-0.4, -0.2) is 72.1 Å². The summed E-state index contributed by atoms with van der Waals surface area (Å²) in [6, 6.07) is 0.722. The van der Waals surface area contributed by atoms with E-state index in [-0.39, 0.29) is 25.0 Å². The minimum atomic E-state index is -0.0806. The molecule has 0 spiro atoms. The van der Waals surface area contributed by atoms with Gasteiger partial charge in [0.1, 0.15) is 0 Å². The second-order valence-electron chi connectivity index (χ2n) is 6.22. The van der Waals surface area contributed by atoms with Gasteiger partial charge in [0.25, 0.3) is 0 Å². The number of carbonyl (C=O) groups is 2. The Labute approximate surface area is 126 Å². The van der Waals surface area contributed by atoms with E-state index in [0.717, 1.165) is 25.7 Å². The Bertz CT molecular complexity index is 365. The average molecular weight is 297 g/mol. The van der Waals surface area contributed by atoms with Crippen LogP contribution in [0.2, 0.25) is 0 Å². The molecule has 2 N–H and O–H groups in total. The summed E-state index contributed by atoms with van der Waals surface area (Å²) in [5.41, 5.74) is 0. The standard InChI is InChI=1S/C15H27N3O3/c1-17(10-14(20)16-12-6-7-12)15(21)11-18(8-9-19)13-4-2-3-5-13/h12-13,19H,2-11H2,1H3,(H,16,20). The summed E-state index contributed by atoms with van der Waals surface area (Å²) in [5, 5.41) is 12.1. The van der Waals surface area contributed by atoms with Crippen molar-refractivity contribution >= 4 is 11.8 Å². The third-order valence-corrected chi connectivity index (χ3v) is 4.32. The number of hydrogen-bond acceptors (Lipinski definition) is 4. The maximum atomic E-state index is 12.2. The molecular weight excluding hydrogens is 270 g/mol. The fourth-order valence-electron chi connectivity index (χ4n) is 2.89. The van der Waals surface area contributed by atoms with Gasteiger partial charge in [-0.25, -0.2) is 0 Å². The highest BCUT2D eigenvalue weighted by Crippen LogP contribution is 2.23. The lowest BCUT2D eigenvalue weighted by atomic mass is 10.2. The summed E-state index contributed by atoms with van der Waals surface area (Å²) in [6.07, 6.45) is 6.68. The van der Waals surface area contributed by atoms with Crippen LogP contribution in [0.5, 0.6) is 0 Å². The molecule has 2 aliphatic rings. The Morgan fingerprint density at radius 3 is 2.38 bits per heavy atom. The molecule has 2 fully saturated rings. The lowest BCUT2D eigenvalue weighted by Crippen LogP contribution is -2.46. The van der Waals surface area contributed by atoms with Crippen LogP contribution < -0.4 is 5.32 Å². The predicted molar refractivity (Wildman–Crippen MR) is 79.7 cm³/mol. The van der Waals surface area contributed by atoms with Gasteiger partial charge in [0, 0.05) is 25.7 Å². The van der Waals surface area contributed by atoms with E-state index in [2.05, 4.69) is 10.2 Å². The molecule has 120 valence electrons. The van der Waals surface area contributed by atoms with Crippen molar-refractivity contribution in [2.24, 2.45) is 0 Å². The van der Waals surface area contributed by atoms with Crippen LogP contribution in [0.1, 0.15) is 38.5 Å². The van der Waals surface area contributed by atoms with Gasteiger partial charge in [-0.1, -0.05) is 12.8 Å². The van der Waals surface area contributed by atoms with Gasteiger partial charge < -0.3 is 15.3 Å². The number of amides is 2. The monoisotopic (exact) mass is 297 g/mol. The van der Waals surface area contributed by atoms with Crippen molar-refractivity contribution in [1.82, 2.24) is 15.1 Å². The molecule has 0 bridgehead atoms. The summed E-state index contributed by atoms with van der Waals surface area (Å²) in [6.45, 7) is 1.000. The third kappa shape index (κ3) is 5.28. The van der Waals surface area contributed by atoms with Crippen LogP contribution in [0.3, 0.4) is 0 Å². The maximum Gasteiger partial charge on any atom is 0.239 e. The Hall–Kier alpha value is -1.14. The molecular formula is C15H27N3O3. The molecule has 2 aliphatic carbocycles. The first-order valence-electron chi connectivity index (χ1n) is 7.98. The largest absolute Gasteiger partial charge is 0.395 e. The summed E-state index contributed by atoms with van der Waals surface area (Å²) in [7, 11) is 1.67. The summed E-state index contributed by atoms with van der Waals surface area (Å²) in [4.78, 5) is 27.5. The van der Waals surface area contributed by atoms with Gasteiger partial charge in [-0.3, -0.25) is 14.5 Å². The molecule has 0 saturated heterocycles. The maximum absolute atomic E-state index is 12.2. The van der Waals surface area contributed by atoms with Crippen molar-refractivity contribution in [3.63, 3.8) is 0 Å². The normalized spacial score (nSPS) is 19.0. The van der Waals surface area contributed by atoms with Gasteiger partial charge in [-0.2, -0.15) is 0 Å². The second-order valence-corrected chi connectivity index (χ2v) is 6.22. The highest BCUT2D eigenvalue weighted by atomic mass is 16.3.